The highest BCUT2D eigenvalue weighted by molar-refractivity contribution is 5.49. The van der Waals surface area contributed by atoms with Crippen LogP contribution < -0.4 is 10.1 Å². The number of phenolic OH excluding ortho intramolecular Hbond substituents is 1. The highest BCUT2D eigenvalue weighted by atomic mass is 16.5. The Morgan fingerprint density at radius 2 is 1.90 bits per heavy atom. The fourth-order valence-electron chi connectivity index (χ4n) is 2.15. The van der Waals surface area contributed by atoms with Crippen LogP contribution in [0.5, 0.6) is 11.5 Å². The van der Waals surface area contributed by atoms with Crippen LogP contribution in [-0.4, -0.2) is 11.7 Å². The average Bonchev–Trinajstić information content (AvgIpc) is 2.52. The van der Waals surface area contributed by atoms with Gasteiger partial charge in [-0.15, -0.1) is 0 Å². The zero-order valence-corrected chi connectivity index (χ0v) is 11.9. The number of hydrogen-bond donors (Lipinski definition) is 2. The summed E-state index contributed by atoms with van der Waals surface area (Å²) >= 11 is 0. The lowest BCUT2D eigenvalue weighted by Crippen LogP contribution is -2.09. The van der Waals surface area contributed by atoms with E-state index in [4.69, 9.17) is 10.00 Å². The molecule has 0 saturated heterocycles. The maximum Gasteiger partial charge on any atom is 0.174 e. The molecule has 0 aromatic heterocycles. The van der Waals surface area contributed by atoms with E-state index in [1.807, 2.05) is 48.5 Å². The lowest BCUT2D eigenvalue weighted by molar-refractivity contribution is 0.368. The zero-order chi connectivity index (χ0) is 15.1. The van der Waals surface area contributed by atoms with Crippen LogP contribution in [0.25, 0.3) is 0 Å². The van der Waals surface area contributed by atoms with Gasteiger partial charge < -0.3 is 15.2 Å². The number of nitriles is 1. The quantitative estimate of drug-likeness (QED) is 0.844. The number of ether oxygens (including phenoxy) is 1. The fraction of sp³-hybridized carbons (Fsp3) is 0.235. The van der Waals surface area contributed by atoms with Crippen molar-refractivity contribution in [2.24, 2.45) is 0 Å². The van der Waals surface area contributed by atoms with Gasteiger partial charge in [-0.25, -0.2) is 0 Å². The Kier molecular flexibility index (Phi) is 5.05. The molecule has 2 aromatic carbocycles. The summed E-state index contributed by atoms with van der Waals surface area (Å²) in [6.07, 6.45) is 0.851. The van der Waals surface area contributed by atoms with Gasteiger partial charge in [-0.2, -0.15) is 5.26 Å². The Morgan fingerprint density at radius 3 is 2.52 bits per heavy atom. The summed E-state index contributed by atoms with van der Waals surface area (Å²) in [7, 11) is 0. The molecule has 0 radical (unpaired) electrons. The first-order chi connectivity index (χ1) is 10.2. The lowest BCUT2D eigenvalue weighted by atomic mass is 10.0. The molecule has 2 N–H and O–H groups in total. The molecule has 2 aromatic rings. The van der Waals surface area contributed by atoms with Crippen LogP contribution in [0, 0.1) is 11.3 Å². The van der Waals surface area contributed by atoms with Gasteiger partial charge in [-0.3, -0.25) is 0 Å². The van der Waals surface area contributed by atoms with Crippen molar-refractivity contribution in [2.45, 2.75) is 19.4 Å². The van der Waals surface area contributed by atoms with Crippen molar-refractivity contribution >= 4 is 5.69 Å². The van der Waals surface area contributed by atoms with Gasteiger partial charge in [0, 0.05) is 11.3 Å². The van der Waals surface area contributed by atoms with Crippen molar-refractivity contribution in [1.29, 1.82) is 5.26 Å². The van der Waals surface area contributed by atoms with E-state index in [0.29, 0.717) is 11.5 Å². The Balaban J connectivity index is 2.09. The maximum atomic E-state index is 9.94. The van der Waals surface area contributed by atoms with Crippen molar-refractivity contribution in [1.82, 2.24) is 0 Å². The Morgan fingerprint density at radius 1 is 1.19 bits per heavy atom. The normalized spacial score (nSPS) is 11.4. The minimum absolute atomic E-state index is 0.0390. The molecule has 1 unspecified atom stereocenters. The molecule has 0 saturated carbocycles. The molecule has 0 amide bonds. The fourth-order valence-corrected chi connectivity index (χ4v) is 2.15. The molecule has 4 heteroatoms. The highest BCUT2D eigenvalue weighted by Crippen LogP contribution is 2.29. The summed E-state index contributed by atoms with van der Waals surface area (Å²) in [6.45, 7) is 2.11. The van der Waals surface area contributed by atoms with Crippen LogP contribution in [0.1, 0.15) is 24.9 Å². The van der Waals surface area contributed by atoms with Crippen molar-refractivity contribution in [3.63, 3.8) is 0 Å². The Labute approximate surface area is 124 Å². The second-order valence-electron chi connectivity index (χ2n) is 4.64. The number of benzene rings is 2. The molecule has 0 aliphatic rings. The second-order valence-corrected chi connectivity index (χ2v) is 4.64. The van der Waals surface area contributed by atoms with Gasteiger partial charge in [-0.1, -0.05) is 25.1 Å². The van der Waals surface area contributed by atoms with E-state index in [1.54, 1.807) is 6.07 Å². The SMILES string of the molecule is CCC(Nc1ccc(OCC#N)cc1)c1ccccc1O. The summed E-state index contributed by atoms with van der Waals surface area (Å²) in [6, 6.07) is 16.7. The van der Waals surface area contributed by atoms with E-state index in [0.717, 1.165) is 17.7 Å². The summed E-state index contributed by atoms with van der Waals surface area (Å²) in [4.78, 5) is 0. The van der Waals surface area contributed by atoms with Gasteiger partial charge in [-0.05, 0) is 36.8 Å². The third-order valence-corrected chi connectivity index (χ3v) is 3.22. The topological polar surface area (TPSA) is 65.3 Å². The number of hydrogen-bond acceptors (Lipinski definition) is 4. The smallest absolute Gasteiger partial charge is 0.174 e. The molecule has 0 fully saturated rings. The van der Waals surface area contributed by atoms with E-state index in [9.17, 15) is 5.11 Å². The molecule has 0 bridgehead atoms. The largest absolute Gasteiger partial charge is 0.508 e. The molecule has 2 rings (SSSR count). The number of phenols is 1. The molecule has 4 nitrogen and oxygen atoms in total. The number of rotatable bonds is 6. The van der Waals surface area contributed by atoms with Crippen LogP contribution >= 0.6 is 0 Å². The molecular weight excluding hydrogens is 264 g/mol. The molecule has 21 heavy (non-hydrogen) atoms. The summed E-state index contributed by atoms with van der Waals surface area (Å²) in [5.74, 6) is 0.962. The second kappa shape index (κ2) is 7.20. The van der Waals surface area contributed by atoms with E-state index < -0.39 is 0 Å². The predicted molar refractivity (Wildman–Crippen MR) is 82.3 cm³/mol. The Bertz CT molecular complexity index is 617. The number of nitrogens with one attached hydrogen (secondary N) is 1. The molecule has 108 valence electrons. The highest BCUT2D eigenvalue weighted by Gasteiger charge is 2.12. The molecule has 0 aliphatic carbocycles. The van der Waals surface area contributed by atoms with Crippen LogP contribution in [0.2, 0.25) is 0 Å². The third-order valence-electron chi connectivity index (χ3n) is 3.22. The summed E-state index contributed by atoms with van der Waals surface area (Å²) in [5, 5.41) is 21.8. The van der Waals surface area contributed by atoms with Crippen LogP contribution in [0.15, 0.2) is 48.5 Å². The monoisotopic (exact) mass is 282 g/mol. The number of para-hydroxylation sites is 1. The molecule has 0 heterocycles. The Hall–Kier alpha value is -2.67. The summed E-state index contributed by atoms with van der Waals surface area (Å²) < 4.78 is 5.22. The van der Waals surface area contributed by atoms with E-state index in [-0.39, 0.29) is 12.6 Å². The maximum absolute atomic E-state index is 9.94. The molecule has 0 spiro atoms. The summed E-state index contributed by atoms with van der Waals surface area (Å²) in [5.41, 5.74) is 1.82. The minimum Gasteiger partial charge on any atom is -0.508 e. The van der Waals surface area contributed by atoms with E-state index in [2.05, 4.69) is 12.2 Å². The number of aromatic hydroxyl groups is 1. The standard InChI is InChI=1S/C17H18N2O2/c1-2-16(15-5-3-4-6-17(15)20)19-13-7-9-14(10-8-13)21-12-11-18/h3-10,16,19-20H,2,12H2,1H3. The first kappa shape index (κ1) is 14.7. The predicted octanol–water partition coefficient (Wildman–Crippen LogP) is 3.86. The first-order valence-corrected chi connectivity index (χ1v) is 6.88. The number of nitrogens with zero attached hydrogens (tertiary/aromatic N) is 1. The minimum atomic E-state index is 0.0390. The van der Waals surface area contributed by atoms with Crippen LogP contribution in [0.4, 0.5) is 5.69 Å². The lowest BCUT2D eigenvalue weighted by Gasteiger charge is -2.20. The molecule has 1 atom stereocenters. The van der Waals surface area contributed by atoms with Gasteiger partial charge in [0.2, 0.25) is 0 Å². The molecular formula is C17H18N2O2. The van der Waals surface area contributed by atoms with Crippen LogP contribution in [-0.2, 0) is 0 Å². The van der Waals surface area contributed by atoms with E-state index >= 15 is 0 Å². The van der Waals surface area contributed by atoms with Gasteiger partial charge in [0.25, 0.3) is 0 Å². The van der Waals surface area contributed by atoms with Crippen molar-refractivity contribution in [3.8, 4) is 17.6 Å². The van der Waals surface area contributed by atoms with Crippen LogP contribution in [0.3, 0.4) is 0 Å². The van der Waals surface area contributed by atoms with Gasteiger partial charge in [0.05, 0.1) is 6.04 Å². The third kappa shape index (κ3) is 3.90. The molecule has 0 aliphatic heterocycles. The van der Waals surface area contributed by atoms with E-state index in [1.165, 1.54) is 0 Å². The first-order valence-electron chi connectivity index (χ1n) is 6.88. The number of anilines is 1. The van der Waals surface area contributed by atoms with Gasteiger partial charge in [0.15, 0.2) is 6.61 Å². The van der Waals surface area contributed by atoms with Gasteiger partial charge in [0.1, 0.15) is 17.6 Å². The van der Waals surface area contributed by atoms with Crippen molar-refractivity contribution < 1.29 is 9.84 Å². The van der Waals surface area contributed by atoms with Crippen molar-refractivity contribution in [2.75, 3.05) is 11.9 Å². The average molecular weight is 282 g/mol. The van der Waals surface area contributed by atoms with Gasteiger partial charge >= 0.3 is 0 Å². The van der Waals surface area contributed by atoms with Crippen molar-refractivity contribution in [3.05, 3.63) is 54.1 Å². The zero-order valence-electron chi connectivity index (χ0n) is 11.9.